The van der Waals surface area contributed by atoms with Crippen molar-refractivity contribution in [2.45, 2.75) is 13.5 Å². The number of imidazole rings is 1. The van der Waals surface area contributed by atoms with Gasteiger partial charge in [-0.2, -0.15) is 0 Å². The number of pyridine rings is 1. The van der Waals surface area contributed by atoms with E-state index >= 15 is 0 Å². The maximum atomic E-state index is 12.4. The maximum absolute atomic E-state index is 12.4. The number of rotatable bonds is 3. The minimum atomic E-state index is -0.0940. The molecule has 0 aliphatic heterocycles. The molecule has 0 radical (unpaired) electrons. The molecule has 1 amide bonds. The highest BCUT2D eigenvalue weighted by molar-refractivity contribution is 6.06. The summed E-state index contributed by atoms with van der Waals surface area (Å²) in [6.45, 7) is 2.44. The number of aromatic amines is 1. The van der Waals surface area contributed by atoms with Crippen LogP contribution in [0.1, 0.15) is 21.6 Å². The number of benzene rings is 1. The molecule has 1 aromatic carbocycles. The minimum absolute atomic E-state index is 0.0940. The number of amides is 1. The molecule has 3 heterocycles. The number of aromatic nitrogens is 3. The molecule has 0 bridgehead atoms. The third-order valence-electron chi connectivity index (χ3n) is 3.94. The Balaban J connectivity index is 1.55. The van der Waals surface area contributed by atoms with Gasteiger partial charge in [-0.15, -0.1) is 0 Å². The molecular weight excluding hydrogens is 288 g/mol. The summed E-state index contributed by atoms with van der Waals surface area (Å²) in [7, 11) is 0. The SMILES string of the molecule is Cc1ccn2cc(CNC(=O)c3cccc4[nH]ccc34)nc2c1. The van der Waals surface area contributed by atoms with Crippen LogP contribution in [-0.2, 0) is 6.54 Å². The summed E-state index contributed by atoms with van der Waals surface area (Å²) in [5.41, 5.74) is 4.52. The van der Waals surface area contributed by atoms with Crippen molar-refractivity contribution < 1.29 is 4.79 Å². The summed E-state index contributed by atoms with van der Waals surface area (Å²) >= 11 is 0. The highest BCUT2D eigenvalue weighted by atomic mass is 16.1. The average Bonchev–Trinajstić information content (AvgIpc) is 3.17. The normalized spacial score (nSPS) is 11.2. The Hall–Kier alpha value is -3.08. The van der Waals surface area contributed by atoms with E-state index < -0.39 is 0 Å². The van der Waals surface area contributed by atoms with E-state index in [9.17, 15) is 4.79 Å². The van der Waals surface area contributed by atoms with Gasteiger partial charge >= 0.3 is 0 Å². The van der Waals surface area contributed by atoms with E-state index in [1.54, 1.807) is 0 Å². The zero-order chi connectivity index (χ0) is 15.8. The van der Waals surface area contributed by atoms with Gasteiger partial charge in [0.15, 0.2) is 0 Å². The van der Waals surface area contributed by atoms with Crippen LogP contribution in [0.2, 0.25) is 0 Å². The minimum Gasteiger partial charge on any atom is -0.361 e. The van der Waals surface area contributed by atoms with E-state index in [1.165, 1.54) is 0 Å². The van der Waals surface area contributed by atoms with Crippen LogP contribution in [0.15, 0.2) is 55.0 Å². The van der Waals surface area contributed by atoms with Gasteiger partial charge in [-0.3, -0.25) is 4.79 Å². The van der Waals surface area contributed by atoms with Crippen LogP contribution in [0.3, 0.4) is 0 Å². The molecule has 0 aliphatic carbocycles. The first-order chi connectivity index (χ1) is 11.2. The molecule has 0 atom stereocenters. The lowest BCUT2D eigenvalue weighted by atomic mass is 10.1. The lowest BCUT2D eigenvalue weighted by Gasteiger charge is -2.04. The molecule has 3 aromatic heterocycles. The number of nitrogens with one attached hydrogen (secondary N) is 2. The summed E-state index contributed by atoms with van der Waals surface area (Å²) in [5, 5.41) is 3.87. The first-order valence-electron chi connectivity index (χ1n) is 7.49. The summed E-state index contributed by atoms with van der Waals surface area (Å²) in [4.78, 5) is 20.1. The fourth-order valence-corrected chi connectivity index (χ4v) is 2.77. The monoisotopic (exact) mass is 304 g/mol. The van der Waals surface area contributed by atoms with E-state index in [0.29, 0.717) is 12.1 Å². The fourth-order valence-electron chi connectivity index (χ4n) is 2.77. The van der Waals surface area contributed by atoms with Crippen LogP contribution < -0.4 is 5.32 Å². The Morgan fingerprint density at radius 3 is 3.13 bits per heavy atom. The molecule has 114 valence electrons. The van der Waals surface area contributed by atoms with Gasteiger partial charge in [0.1, 0.15) is 5.65 Å². The van der Waals surface area contributed by atoms with Gasteiger partial charge in [-0.1, -0.05) is 6.07 Å². The fraction of sp³-hybridized carbons (Fsp3) is 0.111. The molecule has 0 unspecified atom stereocenters. The zero-order valence-electron chi connectivity index (χ0n) is 12.7. The molecule has 4 rings (SSSR count). The number of hydrogen-bond donors (Lipinski definition) is 2. The Labute approximate surface area is 133 Å². The summed E-state index contributed by atoms with van der Waals surface area (Å²) < 4.78 is 1.96. The lowest BCUT2D eigenvalue weighted by molar-refractivity contribution is 0.0952. The van der Waals surface area contributed by atoms with Crippen molar-refractivity contribution in [3.8, 4) is 0 Å². The van der Waals surface area contributed by atoms with E-state index in [2.05, 4.69) is 15.3 Å². The van der Waals surface area contributed by atoms with Crippen molar-refractivity contribution >= 4 is 22.5 Å². The molecule has 5 heteroatoms. The number of fused-ring (bicyclic) bond motifs is 2. The van der Waals surface area contributed by atoms with E-state index in [-0.39, 0.29) is 5.91 Å². The summed E-state index contributed by atoms with van der Waals surface area (Å²) in [6.07, 6.45) is 5.75. The number of carbonyl (C=O) groups is 1. The lowest BCUT2D eigenvalue weighted by Crippen LogP contribution is -2.23. The van der Waals surface area contributed by atoms with Crippen LogP contribution >= 0.6 is 0 Å². The molecule has 0 fully saturated rings. The van der Waals surface area contributed by atoms with Crippen LogP contribution in [-0.4, -0.2) is 20.3 Å². The highest BCUT2D eigenvalue weighted by Crippen LogP contribution is 2.17. The van der Waals surface area contributed by atoms with Gasteiger partial charge < -0.3 is 14.7 Å². The Bertz CT molecular complexity index is 1010. The summed E-state index contributed by atoms with van der Waals surface area (Å²) in [6, 6.07) is 11.6. The number of aryl methyl sites for hydroxylation is 1. The van der Waals surface area contributed by atoms with Gasteiger partial charge in [-0.05, 0) is 42.8 Å². The van der Waals surface area contributed by atoms with Gasteiger partial charge in [-0.25, -0.2) is 4.98 Å². The Morgan fingerprint density at radius 1 is 1.30 bits per heavy atom. The van der Waals surface area contributed by atoms with E-state index in [4.69, 9.17) is 0 Å². The molecule has 0 spiro atoms. The first kappa shape index (κ1) is 13.6. The third-order valence-corrected chi connectivity index (χ3v) is 3.94. The maximum Gasteiger partial charge on any atom is 0.252 e. The number of nitrogens with zero attached hydrogens (tertiary/aromatic N) is 2. The van der Waals surface area contributed by atoms with E-state index in [0.717, 1.165) is 27.8 Å². The quantitative estimate of drug-likeness (QED) is 0.611. The van der Waals surface area contributed by atoms with Gasteiger partial charge in [0.2, 0.25) is 0 Å². The molecule has 0 aliphatic rings. The molecule has 4 aromatic rings. The molecule has 23 heavy (non-hydrogen) atoms. The molecular formula is C18H16N4O. The first-order valence-corrected chi connectivity index (χ1v) is 7.49. The molecule has 0 saturated carbocycles. The Morgan fingerprint density at radius 2 is 2.22 bits per heavy atom. The predicted octanol–water partition coefficient (Wildman–Crippen LogP) is 3.05. The zero-order valence-corrected chi connectivity index (χ0v) is 12.7. The van der Waals surface area contributed by atoms with Crippen LogP contribution in [0.5, 0.6) is 0 Å². The second-order valence-electron chi connectivity index (χ2n) is 5.63. The van der Waals surface area contributed by atoms with Crippen molar-refractivity contribution in [3.05, 3.63) is 71.8 Å². The molecule has 2 N–H and O–H groups in total. The summed E-state index contributed by atoms with van der Waals surface area (Å²) in [5.74, 6) is -0.0940. The second-order valence-corrected chi connectivity index (χ2v) is 5.63. The second kappa shape index (κ2) is 5.28. The third kappa shape index (κ3) is 2.46. The van der Waals surface area contributed by atoms with Gasteiger partial charge in [0.25, 0.3) is 5.91 Å². The largest absolute Gasteiger partial charge is 0.361 e. The van der Waals surface area contributed by atoms with Crippen LogP contribution in [0, 0.1) is 6.92 Å². The van der Waals surface area contributed by atoms with Crippen molar-refractivity contribution in [1.82, 2.24) is 19.7 Å². The number of H-pyrrole nitrogens is 1. The predicted molar refractivity (Wildman–Crippen MR) is 89.4 cm³/mol. The smallest absolute Gasteiger partial charge is 0.252 e. The molecule has 5 nitrogen and oxygen atoms in total. The van der Waals surface area contributed by atoms with Crippen molar-refractivity contribution in [3.63, 3.8) is 0 Å². The molecule has 0 saturated heterocycles. The van der Waals surface area contributed by atoms with Crippen molar-refractivity contribution in [1.29, 1.82) is 0 Å². The highest BCUT2D eigenvalue weighted by Gasteiger charge is 2.11. The number of carbonyl (C=O) groups excluding carboxylic acids is 1. The van der Waals surface area contributed by atoms with Crippen LogP contribution in [0.25, 0.3) is 16.6 Å². The Kier molecular flexibility index (Phi) is 3.12. The van der Waals surface area contributed by atoms with E-state index in [1.807, 2.05) is 66.3 Å². The topological polar surface area (TPSA) is 62.2 Å². The van der Waals surface area contributed by atoms with Crippen molar-refractivity contribution in [2.75, 3.05) is 0 Å². The van der Waals surface area contributed by atoms with Crippen LogP contribution in [0.4, 0.5) is 0 Å². The standard InChI is InChI=1S/C18H16N4O/c1-12-6-8-22-11-13(21-17(22)9-12)10-20-18(23)15-3-2-4-16-14(15)5-7-19-16/h2-9,11,19H,10H2,1H3,(H,20,23). The van der Waals surface area contributed by atoms with Gasteiger partial charge in [0.05, 0.1) is 12.2 Å². The van der Waals surface area contributed by atoms with Gasteiger partial charge in [0, 0.05) is 35.1 Å². The number of hydrogen-bond acceptors (Lipinski definition) is 2. The van der Waals surface area contributed by atoms with Crippen molar-refractivity contribution in [2.24, 2.45) is 0 Å². The average molecular weight is 304 g/mol.